The molecule has 0 aliphatic heterocycles. The summed E-state index contributed by atoms with van der Waals surface area (Å²) in [4.78, 5) is 14.0. The molecular formula is C13H23NO. The quantitative estimate of drug-likeness (QED) is 0.698. The van der Waals surface area contributed by atoms with Gasteiger partial charge >= 0.3 is 0 Å². The van der Waals surface area contributed by atoms with Gasteiger partial charge in [0, 0.05) is 18.7 Å². The third-order valence-corrected chi connectivity index (χ3v) is 3.41. The van der Waals surface area contributed by atoms with Crippen LogP contribution < -0.4 is 0 Å². The molecule has 0 aromatic rings. The molecule has 1 aliphatic rings. The Morgan fingerprint density at radius 1 is 1.33 bits per heavy atom. The minimum atomic E-state index is 0.283. The first kappa shape index (κ1) is 12.3. The molecule has 0 heterocycles. The normalized spacial score (nSPS) is 19.0. The van der Waals surface area contributed by atoms with Crippen LogP contribution in [0.25, 0.3) is 0 Å². The summed E-state index contributed by atoms with van der Waals surface area (Å²) in [6.45, 7) is 4.10. The fraction of sp³-hybridized carbons (Fsp3) is 0.769. The molecule has 1 rings (SSSR count). The average molecular weight is 209 g/mol. The Morgan fingerprint density at radius 2 is 1.93 bits per heavy atom. The monoisotopic (exact) mass is 209 g/mol. The summed E-state index contributed by atoms with van der Waals surface area (Å²) in [6, 6.07) is 0. The van der Waals surface area contributed by atoms with Gasteiger partial charge in [0.1, 0.15) is 0 Å². The van der Waals surface area contributed by atoms with Gasteiger partial charge in [0.05, 0.1) is 0 Å². The molecule has 86 valence electrons. The first-order chi connectivity index (χ1) is 7.20. The Bertz CT molecular complexity index is 239. The lowest BCUT2D eigenvalue weighted by atomic mass is 9.88. The van der Waals surface area contributed by atoms with E-state index >= 15 is 0 Å². The number of amides is 1. The lowest BCUT2D eigenvalue weighted by Crippen LogP contribution is -2.33. The molecule has 1 fully saturated rings. The van der Waals surface area contributed by atoms with E-state index < -0.39 is 0 Å². The van der Waals surface area contributed by atoms with Crippen LogP contribution in [0.4, 0.5) is 0 Å². The summed E-state index contributed by atoms with van der Waals surface area (Å²) in [7, 11) is 1.91. The lowest BCUT2D eigenvalue weighted by Gasteiger charge is -2.27. The molecule has 15 heavy (non-hydrogen) atoms. The maximum atomic E-state index is 12.1. The third kappa shape index (κ3) is 3.08. The number of nitrogens with zero attached hydrogens (tertiary/aromatic N) is 1. The SMILES string of the molecule is CC=C(CC)N(C)C(=O)C1CCCCC1. The zero-order chi connectivity index (χ0) is 11.3. The fourth-order valence-corrected chi connectivity index (χ4v) is 2.40. The van der Waals surface area contributed by atoms with Crippen molar-refractivity contribution in [2.75, 3.05) is 7.05 Å². The van der Waals surface area contributed by atoms with Crippen molar-refractivity contribution in [3.63, 3.8) is 0 Å². The molecule has 1 amide bonds. The van der Waals surface area contributed by atoms with Crippen molar-refractivity contribution in [3.8, 4) is 0 Å². The van der Waals surface area contributed by atoms with Crippen LogP contribution in [0.1, 0.15) is 52.4 Å². The Hall–Kier alpha value is -0.790. The van der Waals surface area contributed by atoms with Crippen molar-refractivity contribution in [2.45, 2.75) is 52.4 Å². The van der Waals surface area contributed by atoms with Gasteiger partial charge in [-0.2, -0.15) is 0 Å². The highest BCUT2D eigenvalue weighted by atomic mass is 16.2. The topological polar surface area (TPSA) is 20.3 Å². The molecule has 0 aromatic heterocycles. The Morgan fingerprint density at radius 3 is 2.40 bits per heavy atom. The largest absolute Gasteiger partial charge is 0.319 e. The second kappa shape index (κ2) is 5.94. The standard InChI is InChI=1S/C13H23NO/c1-4-12(5-2)14(3)13(15)11-9-7-6-8-10-11/h4,11H,5-10H2,1-3H3. The number of allylic oxidation sites excluding steroid dienone is 2. The molecular weight excluding hydrogens is 186 g/mol. The summed E-state index contributed by atoms with van der Waals surface area (Å²) in [5, 5.41) is 0. The van der Waals surface area contributed by atoms with Crippen LogP contribution in [-0.2, 0) is 4.79 Å². The second-order valence-electron chi connectivity index (χ2n) is 4.37. The van der Waals surface area contributed by atoms with Crippen molar-refractivity contribution in [3.05, 3.63) is 11.8 Å². The zero-order valence-corrected chi connectivity index (χ0v) is 10.3. The van der Waals surface area contributed by atoms with E-state index in [2.05, 4.69) is 6.92 Å². The van der Waals surface area contributed by atoms with Crippen LogP contribution in [0.3, 0.4) is 0 Å². The zero-order valence-electron chi connectivity index (χ0n) is 10.3. The highest BCUT2D eigenvalue weighted by molar-refractivity contribution is 5.80. The first-order valence-electron chi connectivity index (χ1n) is 6.13. The van der Waals surface area contributed by atoms with E-state index in [0.717, 1.165) is 25.0 Å². The Labute approximate surface area is 93.3 Å². The molecule has 0 atom stereocenters. The number of carbonyl (C=O) groups excluding carboxylic acids is 1. The summed E-state index contributed by atoms with van der Waals surface area (Å²) in [5.41, 5.74) is 1.14. The van der Waals surface area contributed by atoms with E-state index in [0.29, 0.717) is 5.91 Å². The van der Waals surface area contributed by atoms with Crippen LogP contribution in [-0.4, -0.2) is 17.9 Å². The molecule has 0 N–H and O–H groups in total. The smallest absolute Gasteiger partial charge is 0.229 e. The fourth-order valence-electron chi connectivity index (χ4n) is 2.40. The van der Waals surface area contributed by atoms with Crippen LogP contribution in [0.5, 0.6) is 0 Å². The summed E-state index contributed by atoms with van der Waals surface area (Å²) in [6.07, 6.45) is 8.90. The van der Waals surface area contributed by atoms with Crippen LogP contribution in [0.15, 0.2) is 11.8 Å². The Kier molecular flexibility index (Phi) is 4.86. The first-order valence-corrected chi connectivity index (χ1v) is 6.13. The lowest BCUT2D eigenvalue weighted by molar-refractivity contribution is -0.133. The molecule has 0 saturated heterocycles. The molecule has 1 aliphatic carbocycles. The van der Waals surface area contributed by atoms with Crippen molar-refractivity contribution in [1.29, 1.82) is 0 Å². The van der Waals surface area contributed by atoms with E-state index in [-0.39, 0.29) is 5.92 Å². The molecule has 0 spiro atoms. The molecule has 0 unspecified atom stereocenters. The maximum Gasteiger partial charge on any atom is 0.229 e. The summed E-state index contributed by atoms with van der Waals surface area (Å²) < 4.78 is 0. The summed E-state index contributed by atoms with van der Waals surface area (Å²) in [5.74, 6) is 0.606. The van der Waals surface area contributed by atoms with Crippen LogP contribution in [0, 0.1) is 5.92 Å². The second-order valence-corrected chi connectivity index (χ2v) is 4.37. The molecule has 2 heteroatoms. The molecule has 2 nitrogen and oxygen atoms in total. The van der Waals surface area contributed by atoms with Gasteiger partial charge in [0.25, 0.3) is 0 Å². The Balaban J connectivity index is 2.58. The van der Waals surface area contributed by atoms with E-state index in [1.165, 1.54) is 19.3 Å². The number of hydrogen-bond acceptors (Lipinski definition) is 1. The predicted octanol–water partition coefficient (Wildman–Crippen LogP) is 3.34. The van der Waals surface area contributed by atoms with Crippen LogP contribution in [0.2, 0.25) is 0 Å². The molecule has 0 radical (unpaired) electrons. The van der Waals surface area contributed by atoms with Gasteiger partial charge in [0.2, 0.25) is 5.91 Å². The van der Waals surface area contributed by atoms with E-state index in [9.17, 15) is 4.79 Å². The minimum Gasteiger partial charge on any atom is -0.319 e. The maximum absolute atomic E-state index is 12.1. The van der Waals surface area contributed by atoms with Gasteiger partial charge in [0.15, 0.2) is 0 Å². The van der Waals surface area contributed by atoms with E-state index in [1.54, 1.807) is 0 Å². The average Bonchev–Trinajstić information content (AvgIpc) is 2.30. The summed E-state index contributed by atoms with van der Waals surface area (Å²) >= 11 is 0. The van der Waals surface area contributed by atoms with Crippen molar-refractivity contribution >= 4 is 5.91 Å². The molecule has 0 aromatic carbocycles. The van der Waals surface area contributed by atoms with Gasteiger partial charge in [-0.25, -0.2) is 0 Å². The van der Waals surface area contributed by atoms with Gasteiger partial charge in [-0.05, 0) is 26.2 Å². The number of rotatable bonds is 3. The van der Waals surface area contributed by atoms with Crippen molar-refractivity contribution in [1.82, 2.24) is 4.90 Å². The van der Waals surface area contributed by atoms with Gasteiger partial charge in [-0.15, -0.1) is 0 Å². The highest BCUT2D eigenvalue weighted by Crippen LogP contribution is 2.26. The van der Waals surface area contributed by atoms with E-state index in [1.807, 2.05) is 24.9 Å². The van der Waals surface area contributed by atoms with Gasteiger partial charge in [-0.3, -0.25) is 4.79 Å². The molecule has 0 bridgehead atoms. The number of hydrogen-bond donors (Lipinski definition) is 0. The predicted molar refractivity (Wildman–Crippen MR) is 63.4 cm³/mol. The van der Waals surface area contributed by atoms with E-state index in [4.69, 9.17) is 0 Å². The highest BCUT2D eigenvalue weighted by Gasteiger charge is 2.24. The third-order valence-electron chi connectivity index (χ3n) is 3.41. The van der Waals surface area contributed by atoms with Crippen LogP contribution >= 0.6 is 0 Å². The van der Waals surface area contributed by atoms with Crippen molar-refractivity contribution in [2.24, 2.45) is 5.92 Å². The van der Waals surface area contributed by atoms with Gasteiger partial charge in [-0.1, -0.05) is 32.3 Å². The number of carbonyl (C=O) groups is 1. The van der Waals surface area contributed by atoms with Gasteiger partial charge < -0.3 is 4.90 Å². The van der Waals surface area contributed by atoms with Crippen molar-refractivity contribution < 1.29 is 4.79 Å². The minimum absolute atomic E-state index is 0.283. The molecule has 1 saturated carbocycles.